The highest BCUT2D eigenvalue weighted by molar-refractivity contribution is 7.92. The van der Waals surface area contributed by atoms with Gasteiger partial charge in [-0.2, -0.15) is 0 Å². The molecule has 2 amide bonds. The van der Waals surface area contributed by atoms with Crippen LogP contribution in [0, 0.1) is 5.82 Å². The summed E-state index contributed by atoms with van der Waals surface area (Å²) < 4.78 is 50.4. The van der Waals surface area contributed by atoms with E-state index in [1.54, 1.807) is 18.2 Å². The molecule has 236 valence electrons. The number of anilines is 2. The summed E-state index contributed by atoms with van der Waals surface area (Å²) in [5.41, 5.74) is 2.79. The second-order valence-corrected chi connectivity index (χ2v) is 12.9. The van der Waals surface area contributed by atoms with Crippen LogP contribution < -0.4 is 19.7 Å². The smallest absolute Gasteiger partial charge is 0.253 e. The summed E-state index contributed by atoms with van der Waals surface area (Å²) in [6.07, 6.45) is 1.62. The third-order valence-electron chi connectivity index (χ3n) is 7.53. The van der Waals surface area contributed by atoms with E-state index in [9.17, 15) is 27.5 Å². The predicted molar refractivity (Wildman–Crippen MR) is 166 cm³/mol. The van der Waals surface area contributed by atoms with Crippen LogP contribution in [0.25, 0.3) is 0 Å². The molecule has 1 aliphatic rings. The summed E-state index contributed by atoms with van der Waals surface area (Å²) in [6, 6.07) is 16.8. The molecule has 0 saturated carbocycles. The minimum atomic E-state index is -3.59. The zero-order chi connectivity index (χ0) is 31.9. The standard InChI is InChI=1S/C32H38FN3O7S/c1-36(44(3,40)41)26-16-22-8-5-4-7-21-9-6-10-27(17-21)43-20-28(35-31(38)23(15-22)18-26)29(37)19-30(42-2)32(39)34-25-13-11-24(33)12-14-25/h6,9-18,28-30,37H,4-5,7-8,19-20H2,1-3H3,(H,34,39)(H,35,38)/t28-,29-,30+/m0/s1. The van der Waals surface area contributed by atoms with Gasteiger partial charge in [0.2, 0.25) is 10.0 Å². The Labute approximate surface area is 257 Å². The number of methoxy groups -OCH3 is 1. The number of hydrogen-bond donors (Lipinski definition) is 3. The largest absolute Gasteiger partial charge is 0.491 e. The van der Waals surface area contributed by atoms with Gasteiger partial charge in [0.25, 0.3) is 11.8 Å². The van der Waals surface area contributed by atoms with Crippen molar-refractivity contribution in [3.05, 3.63) is 89.2 Å². The highest BCUT2D eigenvalue weighted by Gasteiger charge is 2.30. The number of nitrogens with one attached hydrogen (secondary N) is 2. The Morgan fingerprint density at radius 3 is 2.50 bits per heavy atom. The third-order valence-corrected chi connectivity index (χ3v) is 8.74. The normalized spacial score (nSPS) is 17.2. The molecule has 0 fully saturated rings. The molecule has 0 aromatic heterocycles. The molecule has 1 heterocycles. The zero-order valence-corrected chi connectivity index (χ0v) is 25.8. The van der Waals surface area contributed by atoms with Crippen molar-refractivity contribution in [2.24, 2.45) is 0 Å². The maximum absolute atomic E-state index is 13.6. The minimum absolute atomic E-state index is 0.123. The summed E-state index contributed by atoms with van der Waals surface area (Å²) in [4.78, 5) is 26.5. The topological polar surface area (TPSA) is 134 Å². The summed E-state index contributed by atoms with van der Waals surface area (Å²) in [5, 5.41) is 16.8. The lowest BCUT2D eigenvalue weighted by Gasteiger charge is -2.27. The van der Waals surface area contributed by atoms with Gasteiger partial charge in [0.1, 0.15) is 24.3 Å². The molecule has 3 aromatic carbocycles. The van der Waals surface area contributed by atoms with Crippen molar-refractivity contribution >= 4 is 33.2 Å². The van der Waals surface area contributed by atoms with Gasteiger partial charge in [0.15, 0.2) is 0 Å². The molecule has 12 heteroatoms. The van der Waals surface area contributed by atoms with Crippen molar-refractivity contribution in [1.29, 1.82) is 0 Å². The molecule has 44 heavy (non-hydrogen) atoms. The summed E-state index contributed by atoms with van der Waals surface area (Å²) in [6.45, 7) is -0.123. The molecule has 3 aromatic rings. The first kappa shape index (κ1) is 32.9. The van der Waals surface area contributed by atoms with Crippen molar-refractivity contribution < 1.29 is 37.0 Å². The monoisotopic (exact) mass is 627 g/mol. The van der Waals surface area contributed by atoms with Gasteiger partial charge in [-0.05, 0) is 91.4 Å². The highest BCUT2D eigenvalue weighted by atomic mass is 32.2. The van der Waals surface area contributed by atoms with Gasteiger partial charge in [0.05, 0.1) is 24.1 Å². The Bertz CT molecular complexity index is 1570. The minimum Gasteiger partial charge on any atom is -0.491 e. The van der Waals surface area contributed by atoms with Crippen LogP contribution in [0.5, 0.6) is 5.75 Å². The van der Waals surface area contributed by atoms with E-state index in [-0.39, 0.29) is 18.6 Å². The van der Waals surface area contributed by atoms with Crippen LogP contribution in [-0.4, -0.2) is 70.6 Å². The number of fused-ring (bicyclic) bond motifs is 4. The zero-order valence-electron chi connectivity index (χ0n) is 25.0. The second kappa shape index (κ2) is 14.7. The maximum Gasteiger partial charge on any atom is 0.253 e. The van der Waals surface area contributed by atoms with E-state index < -0.39 is 45.9 Å². The number of nitrogens with zero attached hydrogens (tertiary/aromatic N) is 1. The van der Waals surface area contributed by atoms with Crippen LogP contribution in [0.1, 0.15) is 40.7 Å². The Balaban J connectivity index is 1.61. The van der Waals surface area contributed by atoms with Crippen LogP contribution in [0.15, 0.2) is 66.7 Å². The summed E-state index contributed by atoms with van der Waals surface area (Å²) >= 11 is 0. The van der Waals surface area contributed by atoms with Crippen molar-refractivity contribution in [2.75, 3.05) is 36.6 Å². The van der Waals surface area contributed by atoms with E-state index >= 15 is 0 Å². The van der Waals surface area contributed by atoms with Crippen LogP contribution in [-0.2, 0) is 32.4 Å². The molecule has 0 saturated heterocycles. The lowest BCUT2D eigenvalue weighted by atomic mass is 10.0. The number of ether oxygens (including phenoxy) is 2. The number of aliphatic hydroxyl groups is 1. The molecule has 0 aliphatic carbocycles. The number of halogens is 1. The molecular formula is C32H38FN3O7S. The molecule has 3 atom stereocenters. The molecule has 1 aliphatic heterocycles. The van der Waals surface area contributed by atoms with Crippen LogP contribution in [0.3, 0.4) is 0 Å². The molecule has 4 bridgehead atoms. The van der Waals surface area contributed by atoms with Crippen molar-refractivity contribution in [1.82, 2.24) is 5.32 Å². The second-order valence-electron chi connectivity index (χ2n) is 10.9. The number of carbonyl (C=O) groups is 2. The number of aliphatic hydroxyl groups excluding tert-OH is 1. The molecule has 0 radical (unpaired) electrons. The van der Waals surface area contributed by atoms with Crippen molar-refractivity contribution in [2.45, 2.75) is 50.4 Å². The SMILES string of the molecule is CO[C@H](C[C@H](O)[C@@H]1COc2cccc(c2)CCCCc2cc(cc(N(C)S(C)(=O)=O)c2)C(=O)N1)C(=O)Nc1ccc(F)cc1. The Morgan fingerprint density at radius 2 is 1.82 bits per heavy atom. The van der Waals surface area contributed by atoms with Gasteiger partial charge in [-0.1, -0.05) is 12.1 Å². The van der Waals surface area contributed by atoms with Gasteiger partial charge in [-0.3, -0.25) is 13.9 Å². The van der Waals surface area contributed by atoms with E-state index in [4.69, 9.17) is 9.47 Å². The number of hydrogen-bond acceptors (Lipinski definition) is 7. The fourth-order valence-corrected chi connectivity index (χ4v) is 5.40. The first-order chi connectivity index (χ1) is 20.9. The fraction of sp³-hybridized carbons (Fsp3) is 0.375. The van der Waals surface area contributed by atoms with E-state index in [1.807, 2.05) is 18.2 Å². The summed E-state index contributed by atoms with van der Waals surface area (Å²) in [5.74, 6) is -0.987. The number of carbonyl (C=O) groups excluding carboxylic acids is 2. The van der Waals surface area contributed by atoms with Crippen LogP contribution >= 0.6 is 0 Å². The molecular weight excluding hydrogens is 589 g/mol. The molecule has 10 nitrogen and oxygen atoms in total. The molecule has 0 spiro atoms. The Hall–Kier alpha value is -4.00. The first-order valence-electron chi connectivity index (χ1n) is 14.3. The number of amides is 2. The average molecular weight is 628 g/mol. The lowest BCUT2D eigenvalue weighted by molar-refractivity contribution is -0.127. The van der Waals surface area contributed by atoms with E-state index in [1.165, 1.54) is 44.5 Å². The lowest BCUT2D eigenvalue weighted by Crippen LogP contribution is -2.49. The average Bonchev–Trinajstić information content (AvgIpc) is 3.00. The molecule has 0 unspecified atom stereocenters. The van der Waals surface area contributed by atoms with E-state index in [0.717, 1.165) is 41.0 Å². The molecule has 3 N–H and O–H groups in total. The molecule has 4 rings (SSSR count). The number of benzene rings is 3. The number of sulfonamides is 1. The van der Waals surface area contributed by atoms with Crippen molar-refractivity contribution in [3.63, 3.8) is 0 Å². The highest BCUT2D eigenvalue weighted by Crippen LogP contribution is 2.24. The van der Waals surface area contributed by atoms with Crippen LogP contribution in [0.2, 0.25) is 0 Å². The van der Waals surface area contributed by atoms with Gasteiger partial charge in [-0.25, -0.2) is 12.8 Å². The van der Waals surface area contributed by atoms with Gasteiger partial charge in [0, 0.05) is 31.8 Å². The van der Waals surface area contributed by atoms with Crippen LogP contribution in [0.4, 0.5) is 15.8 Å². The van der Waals surface area contributed by atoms with Gasteiger partial charge in [-0.15, -0.1) is 0 Å². The predicted octanol–water partition coefficient (Wildman–Crippen LogP) is 3.68. The number of aryl methyl sites for hydroxylation is 2. The fourth-order valence-electron chi connectivity index (χ4n) is 4.91. The van der Waals surface area contributed by atoms with Gasteiger partial charge < -0.3 is 25.2 Å². The van der Waals surface area contributed by atoms with E-state index in [0.29, 0.717) is 23.5 Å². The first-order valence-corrected chi connectivity index (χ1v) is 16.2. The summed E-state index contributed by atoms with van der Waals surface area (Å²) in [7, 11) is -0.843. The Morgan fingerprint density at radius 1 is 1.11 bits per heavy atom. The van der Waals surface area contributed by atoms with E-state index in [2.05, 4.69) is 10.6 Å². The number of rotatable bonds is 8. The Kier molecular flexibility index (Phi) is 11.0. The third kappa shape index (κ3) is 9.01. The quantitative estimate of drug-likeness (QED) is 0.347. The maximum atomic E-state index is 13.6. The van der Waals surface area contributed by atoms with Crippen molar-refractivity contribution in [3.8, 4) is 5.75 Å². The van der Waals surface area contributed by atoms with Gasteiger partial charge >= 0.3 is 0 Å².